The number of aryl methyl sites for hydroxylation is 3. The maximum Gasteiger partial charge on any atom is 0.264 e. The van der Waals surface area contributed by atoms with Crippen molar-refractivity contribution in [1.82, 2.24) is 0 Å². The van der Waals surface area contributed by atoms with Crippen LogP contribution in [0.2, 0.25) is 0 Å². The highest BCUT2D eigenvalue weighted by atomic mass is 32.2. The molecule has 1 aliphatic rings. The van der Waals surface area contributed by atoms with Gasteiger partial charge in [-0.05, 0) is 44.0 Å². The number of hydrogen-bond donors (Lipinski definition) is 0. The van der Waals surface area contributed by atoms with Gasteiger partial charge in [-0.1, -0.05) is 29.8 Å². The fraction of sp³-hybridized carbons (Fsp3) is 0.333. The predicted octanol–water partition coefficient (Wildman–Crippen LogP) is 3.26. The summed E-state index contributed by atoms with van der Waals surface area (Å²) in [5.74, 6) is 0. The van der Waals surface area contributed by atoms with Gasteiger partial charge in [0.2, 0.25) is 0 Å². The van der Waals surface area contributed by atoms with Crippen LogP contribution < -0.4 is 9.21 Å². The molecule has 0 bridgehead atoms. The zero-order valence-corrected chi connectivity index (χ0v) is 14.8. The summed E-state index contributed by atoms with van der Waals surface area (Å²) < 4.78 is 28.2. The molecule has 2 aromatic carbocycles. The molecule has 0 spiro atoms. The molecule has 1 heterocycles. The molecule has 3 rings (SSSR count). The Kier molecular flexibility index (Phi) is 3.84. The van der Waals surface area contributed by atoms with E-state index in [4.69, 9.17) is 0 Å². The Bertz CT molecular complexity index is 836. The van der Waals surface area contributed by atoms with E-state index in [1.165, 1.54) is 0 Å². The summed E-state index contributed by atoms with van der Waals surface area (Å²) >= 11 is 0. The van der Waals surface area contributed by atoms with Gasteiger partial charge in [0.05, 0.1) is 22.8 Å². The number of rotatable bonds is 2. The number of sulfonamides is 1. The van der Waals surface area contributed by atoms with Gasteiger partial charge >= 0.3 is 0 Å². The lowest BCUT2D eigenvalue weighted by Crippen LogP contribution is -2.43. The first-order valence-corrected chi connectivity index (χ1v) is 9.17. The molecular formula is C18H22N2O2S. The molecule has 1 aliphatic heterocycles. The zero-order valence-electron chi connectivity index (χ0n) is 14.0. The van der Waals surface area contributed by atoms with Crippen LogP contribution in [0, 0.1) is 20.8 Å². The Morgan fingerprint density at radius 1 is 0.913 bits per heavy atom. The fourth-order valence-corrected chi connectivity index (χ4v) is 5.30. The molecule has 0 radical (unpaired) electrons. The maximum absolute atomic E-state index is 13.3. The van der Waals surface area contributed by atoms with Crippen LogP contribution in [0.1, 0.15) is 16.7 Å². The predicted molar refractivity (Wildman–Crippen MR) is 94.9 cm³/mol. The molecule has 5 heteroatoms. The monoisotopic (exact) mass is 330 g/mol. The molecule has 0 amide bonds. The van der Waals surface area contributed by atoms with Gasteiger partial charge in [0.1, 0.15) is 0 Å². The van der Waals surface area contributed by atoms with Crippen LogP contribution in [0.25, 0.3) is 0 Å². The minimum absolute atomic E-state index is 0.433. The van der Waals surface area contributed by atoms with Crippen LogP contribution in [-0.2, 0) is 10.0 Å². The zero-order chi connectivity index (χ0) is 16.8. The van der Waals surface area contributed by atoms with Crippen molar-refractivity contribution < 1.29 is 8.42 Å². The number of para-hydroxylation sites is 2. The van der Waals surface area contributed by atoms with Crippen LogP contribution in [0.3, 0.4) is 0 Å². The summed E-state index contributed by atoms with van der Waals surface area (Å²) in [4.78, 5) is 2.53. The Morgan fingerprint density at radius 2 is 1.48 bits per heavy atom. The van der Waals surface area contributed by atoms with Crippen molar-refractivity contribution >= 4 is 21.4 Å². The summed E-state index contributed by atoms with van der Waals surface area (Å²) in [5, 5.41) is 0. The van der Waals surface area contributed by atoms with Gasteiger partial charge < -0.3 is 4.90 Å². The van der Waals surface area contributed by atoms with Crippen molar-refractivity contribution in [3.63, 3.8) is 0 Å². The quantitative estimate of drug-likeness (QED) is 0.848. The average molecular weight is 330 g/mol. The van der Waals surface area contributed by atoms with E-state index in [0.717, 1.165) is 28.1 Å². The molecule has 0 N–H and O–H groups in total. The second-order valence-corrected chi connectivity index (χ2v) is 8.01. The molecular weight excluding hydrogens is 308 g/mol. The lowest BCUT2D eigenvalue weighted by molar-refractivity contribution is 0.588. The summed E-state index contributed by atoms with van der Waals surface area (Å²) in [6.07, 6.45) is 0. The van der Waals surface area contributed by atoms with Crippen LogP contribution in [-0.4, -0.2) is 28.6 Å². The van der Waals surface area contributed by atoms with Crippen LogP contribution >= 0.6 is 0 Å². The van der Waals surface area contributed by atoms with Crippen LogP contribution in [0.5, 0.6) is 0 Å². The number of benzene rings is 2. The number of nitrogens with zero attached hydrogens (tertiary/aromatic N) is 2. The van der Waals surface area contributed by atoms with Crippen molar-refractivity contribution in [2.45, 2.75) is 25.7 Å². The molecule has 2 aromatic rings. The average Bonchev–Trinajstić information content (AvgIpc) is 2.46. The first-order chi connectivity index (χ1) is 10.8. The molecule has 23 heavy (non-hydrogen) atoms. The minimum Gasteiger partial charge on any atom is -0.371 e. The Balaban J connectivity index is 2.18. The summed E-state index contributed by atoms with van der Waals surface area (Å²) in [7, 11) is -1.58. The highest BCUT2D eigenvalue weighted by molar-refractivity contribution is 7.93. The first kappa shape index (κ1) is 15.9. The highest BCUT2D eigenvalue weighted by Gasteiger charge is 2.32. The van der Waals surface area contributed by atoms with E-state index in [-0.39, 0.29) is 0 Å². The standard InChI is InChI=1S/C18H22N2O2S/c1-13-11-14(2)18(15(3)12-13)23(21,22)20-10-9-19(4)16-7-5-6-8-17(16)20/h5-8,11-12H,9-10H2,1-4H3. The smallest absolute Gasteiger partial charge is 0.264 e. The molecule has 0 aromatic heterocycles. The van der Waals surface area contributed by atoms with Gasteiger partial charge in [0, 0.05) is 13.6 Å². The van der Waals surface area contributed by atoms with Crippen LogP contribution in [0.15, 0.2) is 41.3 Å². The molecule has 0 atom stereocenters. The molecule has 0 saturated heterocycles. The van der Waals surface area contributed by atoms with E-state index in [2.05, 4.69) is 4.90 Å². The van der Waals surface area contributed by atoms with E-state index in [0.29, 0.717) is 18.0 Å². The summed E-state index contributed by atoms with van der Waals surface area (Å²) in [6, 6.07) is 11.5. The largest absolute Gasteiger partial charge is 0.371 e. The third kappa shape index (κ3) is 2.59. The SMILES string of the molecule is Cc1cc(C)c(S(=O)(=O)N2CCN(C)c3ccccc32)c(C)c1. The maximum atomic E-state index is 13.3. The van der Waals surface area contributed by atoms with Gasteiger partial charge in [-0.3, -0.25) is 4.31 Å². The lowest BCUT2D eigenvalue weighted by atomic mass is 10.1. The first-order valence-electron chi connectivity index (χ1n) is 7.73. The summed E-state index contributed by atoms with van der Waals surface area (Å²) in [6.45, 7) is 6.87. The van der Waals surface area contributed by atoms with Gasteiger partial charge in [-0.25, -0.2) is 8.42 Å². The molecule has 0 fully saturated rings. The molecule has 0 saturated carbocycles. The van der Waals surface area contributed by atoms with E-state index in [9.17, 15) is 8.42 Å². The van der Waals surface area contributed by atoms with Crippen molar-refractivity contribution in [1.29, 1.82) is 0 Å². The number of fused-ring (bicyclic) bond motifs is 1. The topological polar surface area (TPSA) is 40.6 Å². The van der Waals surface area contributed by atoms with Crippen molar-refractivity contribution in [3.05, 3.63) is 53.1 Å². The van der Waals surface area contributed by atoms with E-state index >= 15 is 0 Å². The number of anilines is 2. The van der Waals surface area contributed by atoms with Gasteiger partial charge in [0.15, 0.2) is 0 Å². The van der Waals surface area contributed by atoms with Gasteiger partial charge in [-0.2, -0.15) is 0 Å². The molecule has 0 aliphatic carbocycles. The van der Waals surface area contributed by atoms with Crippen molar-refractivity contribution in [2.24, 2.45) is 0 Å². The molecule has 122 valence electrons. The summed E-state index contributed by atoms with van der Waals surface area (Å²) in [5.41, 5.74) is 4.39. The van der Waals surface area contributed by atoms with Crippen molar-refractivity contribution in [2.75, 3.05) is 29.3 Å². The number of likely N-dealkylation sites (N-methyl/N-ethyl adjacent to an activating group) is 1. The van der Waals surface area contributed by atoms with Crippen LogP contribution in [0.4, 0.5) is 11.4 Å². The number of hydrogen-bond acceptors (Lipinski definition) is 3. The van der Waals surface area contributed by atoms with Crippen molar-refractivity contribution in [3.8, 4) is 0 Å². The van der Waals surface area contributed by atoms with E-state index < -0.39 is 10.0 Å². The fourth-order valence-electron chi connectivity index (χ4n) is 3.41. The third-order valence-corrected chi connectivity index (χ3v) is 6.47. The molecule has 0 unspecified atom stereocenters. The second kappa shape index (κ2) is 5.57. The highest BCUT2D eigenvalue weighted by Crippen LogP contribution is 2.37. The lowest BCUT2D eigenvalue weighted by Gasteiger charge is -2.36. The molecule has 4 nitrogen and oxygen atoms in total. The van der Waals surface area contributed by atoms with E-state index in [1.54, 1.807) is 4.31 Å². The van der Waals surface area contributed by atoms with Gasteiger partial charge in [-0.15, -0.1) is 0 Å². The van der Waals surface area contributed by atoms with Gasteiger partial charge in [0.25, 0.3) is 10.0 Å². The third-order valence-electron chi connectivity index (χ3n) is 4.35. The Labute approximate surface area is 138 Å². The normalized spacial score (nSPS) is 14.8. The van der Waals surface area contributed by atoms with E-state index in [1.807, 2.05) is 64.2 Å². The second-order valence-electron chi connectivity index (χ2n) is 6.22. The Hall–Kier alpha value is -2.01. The minimum atomic E-state index is -3.57. The Morgan fingerprint density at radius 3 is 2.09 bits per heavy atom.